The van der Waals surface area contributed by atoms with Gasteiger partial charge in [-0.05, 0) is 43.0 Å². The molecule has 0 aliphatic rings. The quantitative estimate of drug-likeness (QED) is 0.264. The van der Waals surface area contributed by atoms with Gasteiger partial charge in [0.2, 0.25) is 5.82 Å². The third-order valence-corrected chi connectivity index (χ3v) is 4.96. The molecule has 0 unspecified atom stereocenters. The van der Waals surface area contributed by atoms with Crippen molar-refractivity contribution in [3.63, 3.8) is 0 Å². The van der Waals surface area contributed by atoms with Gasteiger partial charge in [-0.1, -0.05) is 82.2 Å². The molecule has 0 aliphatic carbocycles. The zero-order valence-electron chi connectivity index (χ0n) is 17.1. The summed E-state index contributed by atoms with van der Waals surface area (Å²) < 4.78 is 33.6. The van der Waals surface area contributed by atoms with Crippen molar-refractivity contribution < 1.29 is 13.5 Å². The predicted molar refractivity (Wildman–Crippen MR) is 114 cm³/mol. The Hall–Kier alpha value is -2.16. The van der Waals surface area contributed by atoms with E-state index in [0.29, 0.717) is 5.56 Å². The number of allylic oxidation sites excluding steroid dienone is 1. The molecular formula is C25H32F2O. The minimum atomic E-state index is -0.960. The molecule has 28 heavy (non-hydrogen) atoms. The minimum Gasteiger partial charge on any atom is -0.462 e. The first kappa shape index (κ1) is 22.1. The Morgan fingerprint density at radius 1 is 0.786 bits per heavy atom. The Kier molecular flexibility index (Phi) is 9.74. The molecule has 0 atom stereocenters. The van der Waals surface area contributed by atoms with Crippen molar-refractivity contribution in [2.24, 2.45) is 0 Å². The average molecular weight is 387 g/mol. The number of halogens is 2. The lowest BCUT2D eigenvalue weighted by molar-refractivity contribution is 0.415. The van der Waals surface area contributed by atoms with Crippen LogP contribution < -0.4 is 4.74 Å². The first-order valence-corrected chi connectivity index (χ1v) is 10.5. The maximum atomic E-state index is 14.4. The van der Waals surface area contributed by atoms with E-state index in [1.165, 1.54) is 69.3 Å². The van der Waals surface area contributed by atoms with Gasteiger partial charge in [-0.3, -0.25) is 0 Å². The third-order valence-electron chi connectivity index (χ3n) is 4.96. The summed E-state index contributed by atoms with van der Waals surface area (Å²) >= 11 is 0. The van der Waals surface area contributed by atoms with E-state index in [9.17, 15) is 8.78 Å². The molecule has 0 aliphatic heterocycles. The lowest BCUT2D eigenvalue weighted by Crippen LogP contribution is -1.95. The summed E-state index contributed by atoms with van der Waals surface area (Å²) in [5.41, 5.74) is 2.17. The predicted octanol–water partition coefficient (Wildman–Crippen LogP) is 8.23. The van der Waals surface area contributed by atoms with Crippen molar-refractivity contribution in [1.82, 2.24) is 0 Å². The number of aryl methyl sites for hydroxylation is 1. The van der Waals surface area contributed by atoms with Gasteiger partial charge >= 0.3 is 0 Å². The van der Waals surface area contributed by atoms with E-state index >= 15 is 0 Å². The van der Waals surface area contributed by atoms with Gasteiger partial charge in [-0.15, -0.1) is 0 Å². The molecule has 0 radical (unpaired) electrons. The number of unbranched alkanes of at least 4 members (excludes halogenated alkanes) is 7. The molecule has 0 fully saturated rings. The largest absolute Gasteiger partial charge is 0.462 e. The molecule has 3 heteroatoms. The van der Waals surface area contributed by atoms with E-state index in [2.05, 4.69) is 6.92 Å². The van der Waals surface area contributed by atoms with Crippen LogP contribution in [0.15, 0.2) is 48.7 Å². The van der Waals surface area contributed by atoms with E-state index < -0.39 is 11.6 Å². The van der Waals surface area contributed by atoms with Crippen LogP contribution in [0.3, 0.4) is 0 Å². The van der Waals surface area contributed by atoms with Crippen molar-refractivity contribution in [2.45, 2.75) is 71.6 Å². The van der Waals surface area contributed by atoms with E-state index in [0.717, 1.165) is 6.42 Å². The molecule has 0 heterocycles. The summed E-state index contributed by atoms with van der Waals surface area (Å²) in [6.07, 6.45) is 14.4. The molecule has 2 aromatic rings. The van der Waals surface area contributed by atoms with Gasteiger partial charge in [0.15, 0.2) is 11.6 Å². The standard InChI is InChI=1S/C25H32F2O/c1-3-5-6-7-8-9-10-11-12-20-13-15-21(16-14-20)22-17-18-23(28-19-4-2)25(27)24(22)26/h4,13-19H,3,5-12H2,1-2H3. The van der Waals surface area contributed by atoms with Crippen molar-refractivity contribution in [1.29, 1.82) is 0 Å². The van der Waals surface area contributed by atoms with Crippen molar-refractivity contribution in [3.05, 3.63) is 65.9 Å². The van der Waals surface area contributed by atoms with Gasteiger partial charge < -0.3 is 4.74 Å². The molecule has 2 aromatic carbocycles. The molecule has 0 saturated heterocycles. The fourth-order valence-corrected chi connectivity index (χ4v) is 3.30. The first-order chi connectivity index (χ1) is 13.7. The summed E-state index contributed by atoms with van der Waals surface area (Å²) in [7, 11) is 0. The van der Waals surface area contributed by atoms with Crippen LogP contribution in [0.2, 0.25) is 0 Å². The van der Waals surface area contributed by atoms with Crippen LogP contribution in [0.4, 0.5) is 8.78 Å². The Morgan fingerprint density at radius 3 is 2.07 bits per heavy atom. The summed E-state index contributed by atoms with van der Waals surface area (Å²) in [6.45, 7) is 3.99. The molecule has 0 aromatic heterocycles. The Balaban J connectivity index is 1.86. The molecule has 0 bridgehead atoms. The van der Waals surface area contributed by atoms with Crippen LogP contribution in [0.25, 0.3) is 11.1 Å². The van der Waals surface area contributed by atoms with Crippen LogP contribution >= 0.6 is 0 Å². The lowest BCUT2D eigenvalue weighted by Gasteiger charge is -2.09. The Bertz CT molecular complexity index is 735. The van der Waals surface area contributed by atoms with E-state index in [-0.39, 0.29) is 11.3 Å². The maximum absolute atomic E-state index is 14.4. The first-order valence-electron chi connectivity index (χ1n) is 10.5. The van der Waals surface area contributed by atoms with E-state index in [4.69, 9.17) is 4.74 Å². The SMILES string of the molecule is CC=COc1ccc(-c2ccc(CCCCCCCCCC)cc2)c(F)c1F. The second kappa shape index (κ2) is 12.3. The van der Waals surface area contributed by atoms with Crippen LogP contribution in [-0.2, 0) is 6.42 Å². The molecule has 1 nitrogen and oxygen atoms in total. The van der Waals surface area contributed by atoms with E-state index in [1.807, 2.05) is 24.3 Å². The highest BCUT2D eigenvalue weighted by Crippen LogP contribution is 2.30. The zero-order chi connectivity index (χ0) is 20.2. The fourth-order valence-electron chi connectivity index (χ4n) is 3.30. The average Bonchev–Trinajstić information content (AvgIpc) is 2.72. The third kappa shape index (κ3) is 6.78. The number of rotatable bonds is 12. The second-order valence-corrected chi connectivity index (χ2v) is 7.25. The van der Waals surface area contributed by atoms with Crippen LogP contribution in [-0.4, -0.2) is 0 Å². The van der Waals surface area contributed by atoms with Gasteiger partial charge in [-0.25, -0.2) is 4.39 Å². The highest BCUT2D eigenvalue weighted by Gasteiger charge is 2.15. The smallest absolute Gasteiger partial charge is 0.201 e. The highest BCUT2D eigenvalue weighted by atomic mass is 19.2. The maximum Gasteiger partial charge on any atom is 0.201 e. The Morgan fingerprint density at radius 2 is 1.43 bits per heavy atom. The minimum absolute atomic E-state index is 0.106. The van der Waals surface area contributed by atoms with Crippen LogP contribution in [0, 0.1) is 11.6 Å². The fraction of sp³-hybridized carbons (Fsp3) is 0.440. The Labute approximate surface area is 168 Å². The summed E-state index contributed by atoms with van der Waals surface area (Å²) in [5.74, 6) is -1.94. The van der Waals surface area contributed by atoms with Crippen molar-refractivity contribution in [3.8, 4) is 16.9 Å². The molecule has 0 spiro atoms. The number of hydrogen-bond donors (Lipinski definition) is 0. The summed E-state index contributed by atoms with van der Waals surface area (Å²) in [5, 5.41) is 0. The van der Waals surface area contributed by atoms with Gasteiger partial charge in [0, 0.05) is 5.56 Å². The summed E-state index contributed by atoms with van der Waals surface area (Å²) in [4.78, 5) is 0. The van der Waals surface area contributed by atoms with Crippen LogP contribution in [0.5, 0.6) is 5.75 Å². The zero-order valence-corrected chi connectivity index (χ0v) is 17.1. The van der Waals surface area contributed by atoms with Crippen molar-refractivity contribution >= 4 is 0 Å². The van der Waals surface area contributed by atoms with E-state index in [1.54, 1.807) is 19.1 Å². The topological polar surface area (TPSA) is 9.23 Å². The van der Waals surface area contributed by atoms with Crippen molar-refractivity contribution in [2.75, 3.05) is 0 Å². The molecule has 0 N–H and O–H groups in total. The molecule has 2 rings (SSSR count). The van der Waals surface area contributed by atoms with Gasteiger partial charge in [0.25, 0.3) is 0 Å². The number of hydrogen-bond acceptors (Lipinski definition) is 1. The van der Waals surface area contributed by atoms with Gasteiger partial charge in [-0.2, -0.15) is 4.39 Å². The van der Waals surface area contributed by atoms with Gasteiger partial charge in [0.1, 0.15) is 0 Å². The number of ether oxygens (including phenoxy) is 1. The molecular weight excluding hydrogens is 354 g/mol. The molecule has 0 saturated carbocycles. The summed E-state index contributed by atoms with van der Waals surface area (Å²) in [6, 6.07) is 10.8. The molecule has 0 amide bonds. The highest BCUT2D eigenvalue weighted by molar-refractivity contribution is 5.65. The molecule has 152 valence electrons. The normalized spacial score (nSPS) is 11.3. The number of benzene rings is 2. The lowest BCUT2D eigenvalue weighted by atomic mass is 10.00. The monoisotopic (exact) mass is 386 g/mol. The van der Waals surface area contributed by atoms with Gasteiger partial charge in [0.05, 0.1) is 6.26 Å². The van der Waals surface area contributed by atoms with Crippen LogP contribution in [0.1, 0.15) is 70.8 Å². The second-order valence-electron chi connectivity index (χ2n) is 7.25.